The monoisotopic (exact) mass is 257 g/mol. The maximum atomic E-state index is 11.5. The van der Waals surface area contributed by atoms with Gasteiger partial charge in [0.05, 0.1) is 5.88 Å². The summed E-state index contributed by atoms with van der Waals surface area (Å²) in [6.45, 7) is -0.0389. The molecule has 0 saturated heterocycles. The summed E-state index contributed by atoms with van der Waals surface area (Å²) in [5, 5.41) is 8.79. The lowest BCUT2D eigenvalue weighted by Crippen LogP contribution is -2.57. The van der Waals surface area contributed by atoms with Gasteiger partial charge in [0.1, 0.15) is 6.61 Å². The molecule has 0 aliphatic carbocycles. The van der Waals surface area contributed by atoms with E-state index in [1.807, 2.05) is 6.07 Å². The number of carbonyl (C=O) groups excluding carboxylic acids is 1. The van der Waals surface area contributed by atoms with Crippen molar-refractivity contribution >= 4 is 23.5 Å². The van der Waals surface area contributed by atoms with Gasteiger partial charge in [0.25, 0.3) is 0 Å². The van der Waals surface area contributed by atoms with Gasteiger partial charge in [0, 0.05) is 0 Å². The Bertz CT molecular complexity index is 409. The van der Waals surface area contributed by atoms with Crippen molar-refractivity contribution in [2.45, 2.75) is 12.1 Å². The van der Waals surface area contributed by atoms with E-state index in [4.69, 9.17) is 27.2 Å². The van der Waals surface area contributed by atoms with E-state index in [9.17, 15) is 9.59 Å². The number of hydrogen-bond donors (Lipinski definition) is 2. The summed E-state index contributed by atoms with van der Waals surface area (Å²) in [6, 6.07) is 8.85. The number of rotatable bonds is 5. The zero-order valence-electron chi connectivity index (χ0n) is 8.93. The zero-order chi connectivity index (χ0) is 12.9. The molecule has 0 heterocycles. The fraction of sp³-hybridized carbons (Fsp3) is 0.273. The summed E-state index contributed by atoms with van der Waals surface area (Å²) in [5.41, 5.74) is 3.88. The van der Waals surface area contributed by atoms with Crippen LogP contribution in [0.5, 0.6) is 0 Å². The third kappa shape index (κ3) is 3.18. The Morgan fingerprint density at radius 2 is 1.94 bits per heavy atom. The van der Waals surface area contributed by atoms with E-state index >= 15 is 0 Å². The van der Waals surface area contributed by atoms with Gasteiger partial charge in [-0.15, -0.1) is 11.6 Å². The van der Waals surface area contributed by atoms with Crippen LogP contribution in [0, 0.1) is 0 Å². The average molecular weight is 258 g/mol. The number of carbonyl (C=O) groups is 2. The highest BCUT2D eigenvalue weighted by Crippen LogP contribution is 2.09. The smallest absolute Gasteiger partial charge is 0.339 e. The molecule has 3 N–H and O–H groups in total. The van der Waals surface area contributed by atoms with E-state index in [0.29, 0.717) is 0 Å². The Labute approximate surface area is 103 Å². The molecular formula is C11H12ClNO4. The van der Waals surface area contributed by atoms with Gasteiger partial charge >= 0.3 is 11.9 Å². The Hall–Kier alpha value is -1.59. The van der Waals surface area contributed by atoms with Gasteiger partial charge in [-0.1, -0.05) is 30.3 Å². The van der Waals surface area contributed by atoms with Crippen LogP contribution >= 0.6 is 11.6 Å². The summed E-state index contributed by atoms with van der Waals surface area (Å²) in [4.78, 5) is 22.3. The van der Waals surface area contributed by atoms with Crippen LogP contribution in [0.25, 0.3) is 0 Å². The van der Waals surface area contributed by atoms with Crippen molar-refractivity contribution in [3.8, 4) is 0 Å². The van der Waals surface area contributed by atoms with E-state index in [1.165, 1.54) is 0 Å². The van der Waals surface area contributed by atoms with Gasteiger partial charge in [-0.2, -0.15) is 0 Å². The maximum absolute atomic E-state index is 11.5. The fourth-order valence-corrected chi connectivity index (χ4v) is 1.27. The van der Waals surface area contributed by atoms with Crippen molar-refractivity contribution in [2.24, 2.45) is 5.73 Å². The summed E-state index contributed by atoms with van der Waals surface area (Å²) in [5.74, 6) is -3.11. The second-order valence-electron chi connectivity index (χ2n) is 3.47. The summed E-state index contributed by atoms with van der Waals surface area (Å²) in [7, 11) is 0. The highest BCUT2D eigenvalue weighted by Gasteiger charge is 2.43. The molecular weight excluding hydrogens is 246 g/mol. The van der Waals surface area contributed by atoms with Crippen LogP contribution in [0.4, 0.5) is 0 Å². The fourth-order valence-electron chi connectivity index (χ4n) is 1.05. The highest BCUT2D eigenvalue weighted by atomic mass is 35.5. The highest BCUT2D eigenvalue weighted by molar-refractivity contribution is 6.24. The number of carboxylic acid groups (broad SMARTS) is 1. The SMILES string of the molecule is NC(CCl)(C(=O)O)C(=O)OCc1ccccc1. The molecule has 0 saturated carbocycles. The molecule has 1 atom stereocenters. The number of alkyl halides is 1. The first-order valence-corrected chi connectivity index (χ1v) is 5.33. The van der Waals surface area contributed by atoms with E-state index in [0.717, 1.165) is 5.56 Å². The van der Waals surface area contributed by atoms with Crippen LogP contribution in [-0.2, 0) is 20.9 Å². The lowest BCUT2D eigenvalue weighted by atomic mass is 10.1. The molecule has 0 amide bonds. The molecule has 1 aromatic rings. The molecule has 1 unspecified atom stereocenters. The van der Waals surface area contributed by atoms with E-state index in [-0.39, 0.29) is 6.61 Å². The van der Waals surface area contributed by atoms with E-state index < -0.39 is 23.4 Å². The largest absolute Gasteiger partial charge is 0.479 e. The number of benzene rings is 1. The van der Waals surface area contributed by atoms with Crippen molar-refractivity contribution in [1.82, 2.24) is 0 Å². The maximum Gasteiger partial charge on any atom is 0.339 e. The molecule has 0 spiro atoms. The molecule has 0 aliphatic heterocycles. The van der Waals surface area contributed by atoms with Crippen LogP contribution in [-0.4, -0.2) is 28.5 Å². The Balaban J connectivity index is 2.64. The first kappa shape index (κ1) is 13.5. The number of carboxylic acids is 1. The van der Waals surface area contributed by atoms with Crippen molar-refractivity contribution < 1.29 is 19.4 Å². The Morgan fingerprint density at radius 1 is 1.35 bits per heavy atom. The van der Waals surface area contributed by atoms with Crippen LogP contribution < -0.4 is 5.73 Å². The minimum Gasteiger partial charge on any atom is -0.479 e. The Morgan fingerprint density at radius 3 is 2.41 bits per heavy atom. The number of halogens is 1. The molecule has 6 heteroatoms. The number of aliphatic carboxylic acids is 1. The number of hydrogen-bond acceptors (Lipinski definition) is 4. The number of ether oxygens (including phenoxy) is 1. The van der Waals surface area contributed by atoms with Crippen LogP contribution in [0.2, 0.25) is 0 Å². The minimum absolute atomic E-state index is 0.0389. The lowest BCUT2D eigenvalue weighted by molar-refractivity contribution is -0.160. The quantitative estimate of drug-likeness (QED) is 0.462. The van der Waals surface area contributed by atoms with Gasteiger partial charge in [-0.25, -0.2) is 9.59 Å². The molecule has 0 fully saturated rings. The van der Waals surface area contributed by atoms with Gasteiger partial charge < -0.3 is 15.6 Å². The van der Waals surface area contributed by atoms with Crippen LogP contribution in [0.3, 0.4) is 0 Å². The molecule has 0 radical (unpaired) electrons. The summed E-state index contributed by atoms with van der Waals surface area (Å²) >= 11 is 5.37. The predicted octanol–water partition coefficient (Wildman–Crippen LogP) is 0.751. The molecule has 5 nitrogen and oxygen atoms in total. The predicted molar refractivity (Wildman–Crippen MR) is 61.5 cm³/mol. The zero-order valence-corrected chi connectivity index (χ0v) is 9.68. The molecule has 17 heavy (non-hydrogen) atoms. The van der Waals surface area contributed by atoms with Crippen LogP contribution in [0.15, 0.2) is 30.3 Å². The van der Waals surface area contributed by atoms with Crippen molar-refractivity contribution in [1.29, 1.82) is 0 Å². The third-order valence-electron chi connectivity index (χ3n) is 2.17. The standard InChI is InChI=1S/C11H12ClNO4/c12-7-11(13,9(14)15)10(16)17-6-8-4-2-1-3-5-8/h1-5H,6-7,13H2,(H,14,15). The topological polar surface area (TPSA) is 89.6 Å². The van der Waals surface area contributed by atoms with E-state index in [2.05, 4.69) is 0 Å². The van der Waals surface area contributed by atoms with Gasteiger partial charge in [-0.05, 0) is 5.56 Å². The first-order valence-electron chi connectivity index (χ1n) is 4.80. The molecule has 0 aromatic heterocycles. The number of esters is 1. The van der Waals surface area contributed by atoms with Crippen LogP contribution in [0.1, 0.15) is 5.56 Å². The average Bonchev–Trinajstić information content (AvgIpc) is 2.35. The normalized spacial score (nSPS) is 13.8. The van der Waals surface area contributed by atoms with Gasteiger partial charge in [0.2, 0.25) is 5.54 Å². The third-order valence-corrected chi connectivity index (χ3v) is 2.59. The molecule has 1 rings (SSSR count). The van der Waals surface area contributed by atoms with E-state index in [1.54, 1.807) is 24.3 Å². The second-order valence-corrected chi connectivity index (χ2v) is 3.74. The molecule has 92 valence electrons. The molecule has 0 aliphatic rings. The minimum atomic E-state index is -2.20. The van der Waals surface area contributed by atoms with Crippen molar-refractivity contribution in [3.63, 3.8) is 0 Å². The first-order chi connectivity index (χ1) is 8.00. The number of nitrogens with two attached hydrogens (primary N) is 1. The lowest BCUT2D eigenvalue weighted by Gasteiger charge is -2.19. The van der Waals surface area contributed by atoms with Crippen molar-refractivity contribution in [3.05, 3.63) is 35.9 Å². The molecule has 1 aromatic carbocycles. The van der Waals surface area contributed by atoms with Gasteiger partial charge in [-0.3, -0.25) is 0 Å². The van der Waals surface area contributed by atoms with Gasteiger partial charge in [0.15, 0.2) is 0 Å². The Kier molecular flexibility index (Phi) is 4.48. The molecule has 0 bridgehead atoms. The summed E-state index contributed by atoms with van der Waals surface area (Å²) in [6.07, 6.45) is 0. The second kappa shape index (κ2) is 5.65. The van der Waals surface area contributed by atoms with Crippen molar-refractivity contribution in [2.75, 3.05) is 5.88 Å². The summed E-state index contributed by atoms with van der Waals surface area (Å²) < 4.78 is 4.82.